The van der Waals surface area contributed by atoms with E-state index in [9.17, 15) is 52.7 Å². The van der Waals surface area contributed by atoms with Crippen molar-refractivity contribution in [3.05, 3.63) is 94.5 Å². The minimum absolute atomic E-state index is 0.0456. The number of hydrogen-bond donors (Lipinski definition) is 4. The maximum Gasteiger partial charge on any atom is 0.416 e. The summed E-state index contributed by atoms with van der Waals surface area (Å²) in [5, 5.41) is 9.53. The predicted molar refractivity (Wildman–Crippen MR) is 161 cm³/mol. The smallest absolute Gasteiger partial charge is 0.356 e. The topological polar surface area (TPSA) is 51.4 Å². The molecule has 1 heterocycles. The van der Waals surface area contributed by atoms with Gasteiger partial charge in [0.05, 0.1) is 34.3 Å². The molecule has 3 aromatic carbocycles. The van der Waals surface area contributed by atoms with Crippen molar-refractivity contribution in [2.75, 3.05) is 23.7 Å². The van der Waals surface area contributed by atoms with Crippen molar-refractivity contribution in [1.82, 2.24) is 15.5 Å². The van der Waals surface area contributed by atoms with Crippen molar-refractivity contribution in [3.8, 4) is 0 Å². The van der Waals surface area contributed by atoms with E-state index in [0.717, 1.165) is 5.56 Å². The number of likely N-dealkylation sites (tertiary alicyclic amines) is 1. The number of nitrogens with zero attached hydrogens (tertiary/aromatic N) is 1. The zero-order valence-corrected chi connectivity index (χ0v) is 25.6. The molecule has 0 aliphatic carbocycles. The lowest BCUT2D eigenvalue weighted by molar-refractivity contribution is -0.144. The lowest BCUT2D eigenvalue weighted by atomic mass is 10.1. The second kappa shape index (κ2) is 13.9. The first kappa shape index (κ1) is 37.0. The van der Waals surface area contributed by atoms with E-state index in [4.69, 9.17) is 24.4 Å². The molecule has 2 atom stereocenters. The molecule has 0 amide bonds. The highest BCUT2D eigenvalue weighted by molar-refractivity contribution is 7.80. The Bertz CT molecular complexity index is 1460. The van der Waals surface area contributed by atoms with Crippen LogP contribution in [-0.4, -0.2) is 40.3 Å². The molecule has 0 spiro atoms. The van der Waals surface area contributed by atoms with Gasteiger partial charge in [0, 0.05) is 31.0 Å². The first-order chi connectivity index (χ1) is 22.1. The molecular formula is C29H23F12N5S2. The van der Waals surface area contributed by atoms with Crippen molar-refractivity contribution in [2.24, 2.45) is 0 Å². The molecule has 4 rings (SSSR count). The Morgan fingerprint density at radius 2 is 0.896 bits per heavy atom. The molecule has 5 nitrogen and oxygen atoms in total. The number of alkyl halides is 12. The molecule has 19 heteroatoms. The third-order valence-corrected chi connectivity index (χ3v) is 7.41. The van der Waals surface area contributed by atoms with Crippen molar-refractivity contribution >= 4 is 46.0 Å². The third-order valence-electron chi connectivity index (χ3n) is 6.97. The van der Waals surface area contributed by atoms with E-state index >= 15 is 0 Å². The van der Waals surface area contributed by atoms with E-state index in [0.29, 0.717) is 30.8 Å². The second-order valence-electron chi connectivity index (χ2n) is 10.7. The van der Waals surface area contributed by atoms with Gasteiger partial charge in [0.25, 0.3) is 0 Å². The molecule has 0 radical (unpaired) electrons. The van der Waals surface area contributed by atoms with Gasteiger partial charge in [-0.25, -0.2) is 0 Å². The lowest BCUT2D eigenvalue weighted by Crippen LogP contribution is -2.52. The summed E-state index contributed by atoms with van der Waals surface area (Å²) < 4.78 is 160. The van der Waals surface area contributed by atoms with E-state index in [1.807, 2.05) is 17.0 Å². The lowest BCUT2D eigenvalue weighted by Gasteiger charge is -2.25. The number of anilines is 2. The number of nitrogens with one attached hydrogen (secondary N) is 4. The SMILES string of the molecule is FC(F)(F)c1cc(NC(=S)N[C@@H]2CN(Cc3ccccc3)C[C@H]2NC(=S)Nc2cc(C(F)(F)F)cc(C(F)(F)F)c2)cc(C(F)(F)F)c1. The van der Waals surface area contributed by atoms with E-state index in [1.54, 1.807) is 18.2 Å². The number of halogens is 12. The molecule has 0 saturated carbocycles. The largest absolute Gasteiger partial charge is 0.416 e. The van der Waals surface area contributed by atoms with Crippen LogP contribution < -0.4 is 21.3 Å². The zero-order chi connectivity index (χ0) is 35.7. The summed E-state index contributed by atoms with van der Waals surface area (Å²) in [6, 6.07) is 9.15. The Balaban J connectivity index is 1.54. The summed E-state index contributed by atoms with van der Waals surface area (Å²) in [6.45, 7) is 0.715. The van der Waals surface area contributed by atoms with Crippen LogP contribution in [0.4, 0.5) is 64.1 Å². The maximum absolute atomic E-state index is 13.3. The van der Waals surface area contributed by atoms with Crippen molar-refractivity contribution in [2.45, 2.75) is 43.3 Å². The van der Waals surface area contributed by atoms with Gasteiger partial charge in [0.2, 0.25) is 0 Å². The van der Waals surface area contributed by atoms with Gasteiger partial charge in [-0.3, -0.25) is 4.90 Å². The molecule has 0 unspecified atom stereocenters. The number of rotatable bonds is 6. The fraction of sp³-hybridized carbons (Fsp3) is 0.310. The van der Waals surface area contributed by atoms with E-state index in [2.05, 4.69) is 21.3 Å². The Kier molecular flexibility index (Phi) is 10.7. The Morgan fingerprint density at radius 3 is 1.21 bits per heavy atom. The molecule has 48 heavy (non-hydrogen) atoms. The quantitative estimate of drug-likeness (QED) is 0.150. The van der Waals surface area contributed by atoms with Crippen LogP contribution in [0.5, 0.6) is 0 Å². The first-order valence-corrected chi connectivity index (χ1v) is 14.4. The molecular weight excluding hydrogens is 710 g/mol. The Morgan fingerprint density at radius 1 is 0.562 bits per heavy atom. The summed E-state index contributed by atoms with van der Waals surface area (Å²) in [7, 11) is 0. The second-order valence-corrected chi connectivity index (χ2v) is 11.5. The molecule has 1 aliphatic heterocycles. The van der Waals surface area contributed by atoms with Crippen molar-refractivity contribution < 1.29 is 52.7 Å². The average molecular weight is 734 g/mol. The van der Waals surface area contributed by atoms with Crippen LogP contribution in [0.15, 0.2) is 66.7 Å². The average Bonchev–Trinajstić information content (AvgIpc) is 3.30. The van der Waals surface area contributed by atoms with Crippen LogP contribution in [0.3, 0.4) is 0 Å². The zero-order valence-electron chi connectivity index (χ0n) is 23.9. The molecule has 260 valence electrons. The highest BCUT2D eigenvalue weighted by Gasteiger charge is 2.39. The molecule has 1 aliphatic rings. The molecule has 0 bridgehead atoms. The molecule has 0 aromatic heterocycles. The number of benzene rings is 3. The van der Waals surface area contributed by atoms with Crippen molar-refractivity contribution in [3.63, 3.8) is 0 Å². The highest BCUT2D eigenvalue weighted by Crippen LogP contribution is 2.39. The minimum atomic E-state index is -5.10. The molecule has 3 aromatic rings. The summed E-state index contributed by atoms with van der Waals surface area (Å²) in [5.41, 5.74) is -6.64. The van der Waals surface area contributed by atoms with E-state index < -0.39 is 70.4 Å². The van der Waals surface area contributed by atoms with Gasteiger partial charge in [-0.15, -0.1) is 0 Å². The maximum atomic E-state index is 13.3. The van der Waals surface area contributed by atoms with E-state index in [-0.39, 0.29) is 35.4 Å². The van der Waals surface area contributed by atoms with Crippen LogP contribution in [0, 0.1) is 0 Å². The molecule has 1 saturated heterocycles. The van der Waals surface area contributed by atoms with Gasteiger partial charge >= 0.3 is 24.7 Å². The van der Waals surface area contributed by atoms with Crippen LogP contribution in [-0.2, 0) is 31.2 Å². The van der Waals surface area contributed by atoms with Crippen LogP contribution >= 0.6 is 24.4 Å². The van der Waals surface area contributed by atoms with Gasteiger partial charge < -0.3 is 21.3 Å². The third kappa shape index (κ3) is 10.1. The minimum Gasteiger partial charge on any atom is -0.356 e. The first-order valence-electron chi connectivity index (χ1n) is 13.6. The molecule has 4 N–H and O–H groups in total. The van der Waals surface area contributed by atoms with Crippen LogP contribution in [0.2, 0.25) is 0 Å². The van der Waals surface area contributed by atoms with Gasteiger partial charge in [-0.05, 0) is 66.4 Å². The summed E-state index contributed by atoms with van der Waals surface area (Å²) >= 11 is 10.4. The van der Waals surface area contributed by atoms with Gasteiger partial charge in [-0.1, -0.05) is 30.3 Å². The van der Waals surface area contributed by atoms with E-state index in [1.165, 1.54) is 0 Å². The fourth-order valence-corrected chi connectivity index (χ4v) is 5.41. The molecule has 1 fully saturated rings. The standard InChI is InChI=1S/C29H23F12N5S2/c30-26(31,32)16-6-17(27(33,34)35)9-20(8-16)42-24(47)44-22-13-46(12-15-4-2-1-3-5-15)14-23(22)45-25(48)43-21-10-18(28(36,37)38)7-19(11-21)29(39,40)41/h1-11,22-23H,12-14H2,(H2,42,44,47)(H2,43,45,48)/t22-,23-/m1/s1. The summed E-state index contributed by atoms with van der Waals surface area (Å²) in [4.78, 5) is 1.87. The van der Waals surface area contributed by atoms with Gasteiger partial charge in [-0.2, -0.15) is 52.7 Å². The summed E-state index contributed by atoms with van der Waals surface area (Å²) in [5.74, 6) is 0. The van der Waals surface area contributed by atoms with Gasteiger partial charge in [0.15, 0.2) is 10.2 Å². The number of hydrogen-bond acceptors (Lipinski definition) is 3. The monoisotopic (exact) mass is 733 g/mol. The van der Waals surface area contributed by atoms with Gasteiger partial charge in [0.1, 0.15) is 0 Å². The van der Waals surface area contributed by atoms with Crippen molar-refractivity contribution in [1.29, 1.82) is 0 Å². The summed E-state index contributed by atoms with van der Waals surface area (Å²) in [6.07, 6.45) is -20.4. The number of thiocarbonyl (C=S) groups is 2. The van der Waals surface area contributed by atoms with Crippen LogP contribution in [0.25, 0.3) is 0 Å². The Labute approximate surface area is 275 Å². The fourth-order valence-electron chi connectivity index (χ4n) is 4.87. The predicted octanol–water partition coefficient (Wildman–Crippen LogP) is 8.29. The highest BCUT2D eigenvalue weighted by atomic mass is 32.1. The Hall–Kier alpha value is -3.84. The van der Waals surface area contributed by atoms with Crippen LogP contribution in [0.1, 0.15) is 27.8 Å². The normalized spacial score (nSPS) is 17.6.